The van der Waals surface area contributed by atoms with Gasteiger partial charge in [-0.3, -0.25) is 9.59 Å². The zero-order valence-electron chi connectivity index (χ0n) is 24.0. The predicted octanol–water partition coefficient (Wildman–Crippen LogP) is 6.34. The van der Waals surface area contributed by atoms with Crippen LogP contribution in [0.5, 0.6) is 0 Å². The molecule has 0 bridgehead atoms. The number of nitrogens with two attached hydrogens (primary N) is 1. The maximum Gasteiger partial charge on any atom is 0.283 e. The fourth-order valence-corrected chi connectivity index (χ4v) is 9.69. The minimum atomic E-state index is -3.22. The van der Waals surface area contributed by atoms with Gasteiger partial charge in [-0.2, -0.15) is 8.78 Å². The van der Waals surface area contributed by atoms with Crippen molar-refractivity contribution in [1.82, 2.24) is 5.32 Å². The number of anilines is 1. The van der Waals surface area contributed by atoms with Crippen LogP contribution in [0.2, 0.25) is 0 Å². The molecule has 0 aromatic heterocycles. The van der Waals surface area contributed by atoms with Gasteiger partial charge in [-0.05, 0) is 73.8 Å². The first kappa shape index (κ1) is 30.0. The highest BCUT2D eigenvalue weighted by molar-refractivity contribution is 7.18. The fourth-order valence-electron chi connectivity index (χ4n) is 9.26. The van der Waals surface area contributed by atoms with E-state index < -0.39 is 27.9 Å². The molecule has 10 atom stereocenters. The van der Waals surface area contributed by atoms with E-state index in [0.717, 1.165) is 19.3 Å². The van der Waals surface area contributed by atoms with Crippen molar-refractivity contribution in [2.24, 2.45) is 33.3 Å². The Morgan fingerprint density at radius 1 is 1.05 bits per heavy atom. The summed E-state index contributed by atoms with van der Waals surface area (Å²) in [5.41, 5.74) is 2.07. The minimum Gasteiger partial charge on any atom is -0.349 e. The highest BCUT2D eigenvalue weighted by Crippen LogP contribution is 2.76. The average Bonchev–Trinajstić information content (AvgIpc) is 3.13. The van der Waals surface area contributed by atoms with E-state index in [-0.39, 0.29) is 50.9 Å². The van der Waals surface area contributed by atoms with E-state index in [2.05, 4.69) is 53.6 Å². The second-order valence-electron chi connectivity index (χ2n) is 13.8. The molecule has 4 unspecified atom stereocenters. The maximum absolute atomic E-state index is 15.1. The summed E-state index contributed by atoms with van der Waals surface area (Å²) < 4.78 is 43.4. The quantitative estimate of drug-likeness (QED) is 0.355. The van der Waals surface area contributed by atoms with Gasteiger partial charge >= 0.3 is 0 Å². The summed E-state index contributed by atoms with van der Waals surface area (Å²) in [6.07, 6.45) is 8.07. The van der Waals surface area contributed by atoms with Gasteiger partial charge in [-0.15, -0.1) is 0 Å². The summed E-state index contributed by atoms with van der Waals surface area (Å²) in [5.74, 6) is -0.839. The van der Waals surface area contributed by atoms with Gasteiger partial charge in [0.2, 0.25) is 11.8 Å². The molecule has 5 rings (SSSR count). The summed E-state index contributed by atoms with van der Waals surface area (Å²) in [7, 11) is 3.57. The molecule has 1 aromatic rings. The molecule has 3 fully saturated rings. The lowest BCUT2D eigenvalue weighted by atomic mass is 9.33. The van der Waals surface area contributed by atoms with Crippen molar-refractivity contribution in [3.63, 3.8) is 0 Å². The van der Waals surface area contributed by atoms with E-state index in [4.69, 9.17) is 5.73 Å². The zero-order valence-corrected chi connectivity index (χ0v) is 26.3. The van der Waals surface area contributed by atoms with Gasteiger partial charge in [0.05, 0.1) is 0 Å². The zero-order chi connectivity index (χ0) is 29.7. The number of nitrogens with one attached hydrogen (secondary N) is 2. The molecule has 0 radical (unpaired) electrons. The van der Waals surface area contributed by atoms with Gasteiger partial charge < -0.3 is 16.4 Å². The van der Waals surface area contributed by atoms with Crippen molar-refractivity contribution in [1.29, 1.82) is 0 Å². The Morgan fingerprint density at radius 2 is 1.73 bits per heavy atom. The number of hydrogen-bond acceptors (Lipinski definition) is 3. The maximum atomic E-state index is 15.1. The smallest absolute Gasteiger partial charge is 0.283 e. The number of carbonyl (C=O) groups is 2. The van der Waals surface area contributed by atoms with Crippen LogP contribution in [-0.4, -0.2) is 23.4 Å². The van der Waals surface area contributed by atoms with Gasteiger partial charge in [0.25, 0.3) is 5.66 Å². The average molecular weight is 596 g/mol. The second-order valence-corrected chi connectivity index (χ2v) is 15.6. The van der Waals surface area contributed by atoms with Crippen LogP contribution in [-0.2, 0) is 20.7 Å². The number of alkyl halides is 3. The van der Waals surface area contributed by atoms with E-state index >= 15 is 4.39 Å². The third kappa shape index (κ3) is 3.91. The van der Waals surface area contributed by atoms with Gasteiger partial charge in [0, 0.05) is 39.7 Å². The Kier molecular flexibility index (Phi) is 6.75. The Morgan fingerprint density at radius 3 is 2.35 bits per heavy atom. The van der Waals surface area contributed by atoms with Gasteiger partial charge in [0.15, 0.2) is 0 Å². The lowest BCUT2D eigenvalue weighted by molar-refractivity contribution is -0.203. The van der Waals surface area contributed by atoms with Crippen molar-refractivity contribution in [2.45, 2.75) is 95.8 Å². The summed E-state index contributed by atoms with van der Waals surface area (Å²) in [4.78, 5) is 26.2. The molecule has 1 aromatic carbocycles. The van der Waals surface area contributed by atoms with Crippen LogP contribution < -0.4 is 16.4 Å². The van der Waals surface area contributed by atoms with E-state index in [9.17, 15) is 18.4 Å². The van der Waals surface area contributed by atoms with E-state index in [1.807, 2.05) is 0 Å². The van der Waals surface area contributed by atoms with Crippen LogP contribution in [0, 0.1) is 27.6 Å². The highest BCUT2D eigenvalue weighted by atomic mass is 31.0. The van der Waals surface area contributed by atoms with Crippen LogP contribution in [0.25, 0.3) is 0 Å². The number of halogens is 3. The van der Waals surface area contributed by atoms with Crippen LogP contribution in [0.1, 0.15) is 84.3 Å². The normalized spacial score (nSPS) is 42.2. The summed E-state index contributed by atoms with van der Waals surface area (Å²) in [5, 5.41) is 4.11. The van der Waals surface area contributed by atoms with E-state index in [1.54, 1.807) is 6.08 Å². The molecule has 40 heavy (non-hydrogen) atoms. The van der Waals surface area contributed by atoms with Crippen molar-refractivity contribution in [3.05, 3.63) is 41.5 Å². The number of amides is 2. The Bertz CT molecular complexity index is 1300. The topological polar surface area (TPSA) is 84.2 Å². The molecule has 0 saturated heterocycles. The van der Waals surface area contributed by atoms with E-state index in [0.29, 0.717) is 19.3 Å². The number of benzene rings is 1. The van der Waals surface area contributed by atoms with Crippen LogP contribution >= 0.6 is 18.5 Å². The molecular formula is C30H42F3N3O2P2. The third-order valence-corrected chi connectivity index (χ3v) is 12.9. The molecule has 0 spiro atoms. The number of carbonyl (C=O) groups excluding carboxylic acids is 2. The molecule has 1 aliphatic heterocycles. The minimum absolute atomic E-state index is 0.0269. The van der Waals surface area contributed by atoms with Crippen molar-refractivity contribution >= 4 is 36.0 Å². The molecule has 1 heterocycles. The predicted molar refractivity (Wildman–Crippen MR) is 158 cm³/mol. The van der Waals surface area contributed by atoms with Gasteiger partial charge in [-0.25, -0.2) is 4.39 Å². The van der Waals surface area contributed by atoms with Crippen molar-refractivity contribution in [2.75, 3.05) is 5.32 Å². The molecule has 2 amide bonds. The molecule has 10 heteroatoms. The Hall–Kier alpha value is -1.49. The summed E-state index contributed by atoms with van der Waals surface area (Å²) in [6, 6.07) is 3.69. The van der Waals surface area contributed by atoms with Crippen LogP contribution in [0.3, 0.4) is 0 Å². The van der Waals surface area contributed by atoms with Crippen LogP contribution in [0.4, 0.5) is 18.9 Å². The standard InChI is InChI=1S/C30H42F3N3O2P2/c1-24-14-15-26(3)25(2)11-10-22(37)36-21(25)9-12-27(26,4)29(24,34)13-8-19(24)23(38)35-20-16-17(30(32,33)40)6-7-18(20)28(5,31)39/h6-7,10-11,16,19,21H,8-9,12-15,34,39-40H2,1-5H3,(H,35,38)(H,36,37)/t19-,21?,24-,25+,26-,27-,28?,29+/m1/s1. The van der Waals surface area contributed by atoms with Crippen LogP contribution in [0.15, 0.2) is 30.4 Å². The Balaban J connectivity index is 1.50. The Labute approximate surface area is 239 Å². The first-order valence-electron chi connectivity index (χ1n) is 14.1. The third-order valence-electron chi connectivity index (χ3n) is 12.2. The molecular weight excluding hydrogens is 553 g/mol. The second kappa shape index (κ2) is 9.01. The first-order chi connectivity index (χ1) is 18.2. The van der Waals surface area contributed by atoms with Crippen molar-refractivity contribution < 1.29 is 22.8 Å². The van der Waals surface area contributed by atoms with Gasteiger partial charge in [-0.1, -0.05) is 64.4 Å². The summed E-state index contributed by atoms with van der Waals surface area (Å²) >= 11 is 0. The number of hydrogen-bond donors (Lipinski definition) is 3. The lowest BCUT2D eigenvalue weighted by Gasteiger charge is -2.73. The SMILES string of the molecule is CC(F)(P)c1ccc(C(F)(F)P)cc1NC(=O)[C@H]1CC[C@@]2(N)[C@]3(C)CCC4NC(=O)C=C[C@]4(C)[C@@]3(C)CC[C@]12C. The first-order valence-corrected chi connectivity index (χ1v) is 15.3. The van der Waals surface area contributed by atoms with Crippen molar-refractivity contribution in [3.8, 4) is 0 Å². The monoisotopic (exact) mass is 595 g/mol. The van der Waals surface area contributed by atoms with Gasteiger partial charge in [0.1, 0.15) is 5.41 Å². The number of fused-ring (bicyclic) bond motifs is 5. The fraction of sp³-hybridized carbons (Fsp3) is 0.667. The highest BCUT2D eigenvalue weighted by Gasteiger charge is 2.75. The number of rotatable bonds is 4. The molecule has 5 nitrogen and oxygen atoms in total. The lowest BCUT2D eigenvalue weighted by Crippen LogP contribution is -2.77. The largest absolute Gasteiger partial charge is 0.349 e. The summed E-state index contributed by atoms with van der Waals surface area (Å²) in [6.45, 7) is 10.2. The molecule has 3 saturated carbocycles. The molecule has 4 aliphatic rings. The molecule has 3 aliphatic carbocycles. The molecule has 4 N–H and O–H groups in total. The van der Waals surface area contributed by atoms with E-state index in [1.165, 1.54) is 34.4 Å². The molecule has 220 valence electrons.